The van der Waals surface area contributed by atoms with Gasteiger partial charge in [0, 0.05) is 17.6 Å². The number of benzene rings is 1. The molecule has 0 bridgehead atoms. The van der Waals surface area contributed by atoms with Crippen molar-refractivity contribution in [1.29, 1.82) is 0 Å². The standard InChI is InChI=1S/C15H25NO/c1-11-6-7-13(12(2)10-11)15(5,8-9-17)14(3,4)16/h6-7,10,17H,8-9,16H2,1-5H3. The minimum Gasteiger partial charge on any atom is -0.396 e. The smallest absolute Gasteiger partial charge is 0.0440 e. The lowest BCUT2D eigenvalue weighted by Gasteiger charge is -2.43. The molecule has 0 aromatic heterocycles. The van der Waals surface area contributed by atoms with Gasteiger partial charge in [-0.05, 0) is 45.2 Å². The van der Waals surface area contributed by atoms with Gasteiger partial charge in [0.2, 0.25) is 0 Å². The Hall–Kier alpha value is -0.860. The molecule has 2 nitrogen and oxygen atoms in total. The summed E-state index contributed by atoms with van der Waals surface area (Å²) in [5, 5.41) is 9.32. The molecule has 0 aliphatic carbocycles. The molecule has 3 N–H and O–H groups in total. The molecule has 0 amide bonds. The van der Waals surface area contributed by atoms with Crippen molar-refractivity contribution in [2.75, 3.05) is 6.61 Å². The highest BCUT2D eigenvalue weighted by Crippen LogP contribution is 2.38. The predicted octanol–water partition coefficient (Wildman–Crippen LogP) is 2.68. The molecule has 1 aromatic rings. The van der Waals surface area contributed by atoms with Crippen LogP contribution < -0.4 is 5.73 Å². The Bertz CT molecular complexity index is 392. The average Bonchev–Trinajstić information content (AvgIpc) is 2.15. The molecule has 0 aliphatic rings. The predicted molar refractivity (Wildman–Crippen MR) is 73.2 cm³/mol. The first kappa shape index (κ1) is 14.2. The molecule has 96 valence electrons. The van der Waals surface area contributed by atoms with Crippen molar-refractivity contribution in [1.82, 2.24) is 0 Å². The van der Waals surface area contributed by atoms with Crippen LogP contribution >= 0.6 is 0 Å². The van der Waals surface area contributed by atoms with E-state index in [-0.39, 0.29) is 17.6 Å². The molecule has 0 aliphatic heterocycles. The van der Waals surface area contributed by atoms with Crippen LogP contribution in [0.25, 0.3) is 0 Å². The van der Waals surface area contributed by atoms with Crippen molar-refractivity contribution in [3.05, 3.63) is 34.9 Å². The number of aliphatic hydroxyl groups is 1. The van der Waals surface area contributed by atoms with Crippen molar-refractivity contribution in [3.63, 3.8) is 0 Å². The second-order valence-electron chi connectivity index (χ2n) is 5.85. The van der Waals surface area contributed by atoms with E-state index in [0.29, 0.717) is 6.42 Å². The first-order valence-corrected chi connectivity index (χ1v) is 6.20. The summed E-state index contributed by atoms with van der Waals surface area (Å²) < 4.78 is 0. The fourth-order valence-corrected chi connectivity index (χ4v) is 2.46. The summed E-state index contributed by atoms with van der Waals surface area (Å²) in [7, 11) is 0. The molecule has 1 unspecified atom stereocenters. The topological polar surface area (TPSA) is 46.2 Å². The van der Waals surface area contributed by atoms with Crippen LogP contribution in [0, 0.1) is 13.8 Å². The van der Waals surface area contributed by atoms with E-state index in [4.69, 9.17) is 5.73 Å². The van der Waals surface area contributed by atoms with Crippen molar-refractivity contribution >= 4 is 0 Å². The number of aliphatic hydroxyl groups excluding tert-OH is 1. The highest BCUT2D eigenvalue weighted by atomic mass is 16.3. The second kappa shape index (κ2) is 4.79. The zero-order valence-corrected chi connectivity index (χ0v) is 11.7. The molecule has 0 radical (unpaired) electrons. The number of aryl methyl sites for hydroxylation is 2. The van der Waals surface area contributed by atoms with E-state index in [1.54, 1.807) is 0 Å². The molecule has 1 rings (SSSR count). The van der Waals surface area contributed by atoms with Gasteiger partial charge in [0.1, 0.15) is 0 Å². The maximum atomic E-state index is 9.32. The maximum absolute atomic E-state index is 9.32. The van der Waals surface area contributed by atoms with Crippen LogP contribution in [0.4, 0.5) is 0 Å². The third kappa shape index (κ3) is 2.70. The molecule has 0 saturated carbocycles. The third-order valence-corrected chi connectivity index (χ3v) is 4.01. The number of hydrogen-bond donors (Lipinski definition) is 2. The largest absolute Gasteiger partial charge is 0.396 e. The van der Waals surface area contributed by atoms with Crippen LogP contribution in [0.2, 0.25) is 0 Å². The zero-order valence-electron chi connectivity index (χ0n) is 11.7. The van der Waals surface area contributed by atoms with Gasteiger partial charge in [-0.25, -0.2) is 0 Å². The second-order valence-corrected chi connectivity index (χ2v) is 5.85. The van der Waals surface area contributed by atoms with Crippen molar-refractivity contribution in [2.24, 2.45) is 5.73 Å². The Morgan fingerprint density at radius 3 is 2.18 bits per heavy atom. The first-order valence-electron chi connectivity index (χ1n) is 6.20. The van der Waals surface area contributed by atoms with E-state index >= 15 is 0 Å². The maximum Gasteiger partial charge on any atom is 0.0440 e. The quantitative estimate of drug-likeness (QED) is 0.843. The van der Waals surface area contributed by atoms with Gasteiger partial charge in [-0.3, -0.25) is 0 Å². The molecule has 17 heavy (non-hydrogen) atoms. The minimum atomic E-state index is -0.365. The summed E-state index contributed by atoms with van der Waals surface area (Å²) in [5.41, 5.74) is 9.50. The van der Waals surface area contributed by atoms with Gasteiger partial charge in [-0.15, -0.1) is 0 Å². The monoisotopic (exact) mass is 235 g/mol. The van der Waals surface area contributed by atoms with Gasteiger partial charge in [-0.2, -0.15) is 0 Å². The van der Waals surface area contributed by atoms with E-state index in [1.807, 2.05) is 13.8 Å². The van der Waals surface area contributed by atoms with E-state index in [1.165, 1.54) is 16.7 Å². The number of nitrogens with two attached hydrogens (primary N) is 1. The van der Waals surface area contributed by atoms with E-state index < -0.39 is 0 Å². The van der Waals surface area contributed by atoms with Crippen LogP contribution in [-0.2, 0) is 5.41 Å². The molecule has 0 fully saturated rings. The minimum absolute atomic E-state index is 0.157. The lowest BCUT2D eigenvalue weighted by Crippen LogP contribution is -2.53. The molecule has 2 heteroatoms. The summed E-state index contributed by atoms with van der Waals surface area (Å²) in [6, 6.07) is 6.44. The lowest BCUT2D eigenvalue weighted by molar-refractivity contribution is 0.190. The molecule has 0 heterocycles. The van der Waals surface area contributed by atoms with Gasteiger partial charge < -0.3 is 10.8 Å². The highest BCUT2D eigenvalue weighted by molar-refractivity contribution is 5.38. The van der Waals surface area contributed by atoms with Crippen molar-refractivity contribution in [3.8, 4) is 0 Å². The number of rotatable bonds is 4. The fourth-order valence-electron chi connectivity index (χ4n) is 2.46. The van der Waals surface area contributed by atoms with Crippen LogP contribution in [0.15, 0.2) is 18.2 Å². The van der Waals surface area contributed by atoms with Gasteiger partial charge in [-0.1, -0.05) is 30.7 Å². The third-order valence-electron chi connectivity index (χ3n) is 4.01. The van der Waals surface area contributed by atoms with Gasteiger partial charge in [0.15, 0.2) is 0 Å². The Morgan fingerprint density at radius 2 is 1.76 bits per heavy atom. The van der Waals surface area contributed by atoms with Gasteiger partial charge >= 0.3 is 0 Å². The van der Waals surface area contributed by atoms with E-state index in [0.717, 1.165) is 0 Å². The van der Waals surface area contributed by atoms with E-state index in [9.17, 15) is 5.11 Å². The lowest BCUT2D eigenvalue weighted by atomic mass is 9.65. The summed E-state index contributed by atoms with van der Waals surface area (Å²) in [4.78, 5) is 0. The molecule has 1 atom stereocenters. The summed E-state index contributed by atoms with van der Waals surface area (Å²) in [6.45, 7) is 10.6. The summed E-state index contributed by atoms with van der Waals surface area (Å²) in [5.74, 6) is 0. The van der Waals surface area contributed by atoms with E-state index in [2.05, 4.69) is 39.0 Å². The van der Waals surface area contributed by atoms with Crippen LogP contribution in [0.5, 0.6) is 0 Å². The van der Waals surface area contributed by atoms with Gasteiger partial charge in [0.25, 0.3) is 0 Å². The molecular weight excluding hydrogens is 210 g/mol. The summed E-state index contributed by atoms with van der Waals surface area (Å²) >= 11 is 0. The zero-order chi connectivity index (χ0) is 13.3. The van der Waals surface area contributed by atoms with Crippen LogP contribution in [-0.4, -0.2) is 17.3 Å². The summed E-state index contributed by atoms with van der Waals surface area (Å²) in [6.07, 6.45) is 0.681. The normalized spacial score (nSPS) is 15.7. The Morgan fingerprint density at radius 1 is 1.18 bits per heavy atom. The first-order chi connectivity index (χ1) is 7.72. The molecule has 1 aromatic carbocycles. The van der Waals surface area contributed by atoms with Gasteiger partial charge in [0.05, 0.1) is 0 Å². The number of hydrogen-bond acceptors (Lipinski definition) is 2. The average molecular weight is 235 g/mol. The Labute approximate surface area is 105 Å². The van der Waals surface area contributed by atoms with Crippen molar-refractivity contribution in [2.45, 2.75) is 52.0 Å². The fraction of sp³-hybridized carbons (Fsp3) is 0.600. The van der Waals surface area contributed by atoms with Crippen LogP contribution in [0.3, 0.4) is 0 Å². The molecular formula is C15H25NO. The van der Waals surface area contributed by atoms with Crippen LogP contribution in [0.1, 0.15) is 43.9 Å². The Balaban J connectivity index is 3.32. The highest BCUT2D eigenvalue weighted by Gasteiger charge is 2.39. The Kier molecular flexibility index (Phi) is 4.00. The molecule has 0 spiro atoms. The molecule has 0 saturated heterocycles. The SMILES string of the molecule is Cc1ccc(C(C)(CCO)C(C)(C)N)c(C)c1. The van der Waals surface area contributed by atoms with Crippen molar-refractivity contribution < 1.29 is 5.11 Å².